The third kappa shape index (κ3) is 4.54. The molecular weight excluding hydrogens is 609 g/mol. The predicted molar refractivity (Wildman–Crippen MR) is 207 cm³/mol. The molecule has 4 heteroatoms. The van der Waals surface area contributed by atoms with Gasteiger partial charge in [0, 0.05) is 55.8 Å². The lowest BCUT2D eigenvalue weighted by molar-refractivity contribution is 1.13. The first-order chi connectivity index (χ1) is 24.8. The Morgan fingerprint density at radius 2 is 1.02 bits per heavy atom. The summed E-state index contributed by atoms with van der Waals surface area (Å²) in [4.78, 5) is 10.3. The molecule has 3 aromatic heterocycles. The van der Waals surface area contributed by atoms with Crippen LogP contribution in [0.4, 0.5) is 0 Å². The smallest absolute Gasteiger partial charge is 0.160 e. The Hall–Kier alpha value is -6.78. The Balaban J connectivity index is 1.23. The molecule has 7 aromatic carbocycles. The van der Waals surface area contributed by atoms with Crippen molar-refractivity contribution in [2.45, 2.75) is 0 Å². The van der Waals surface area contributed by atoms with Crippen LogP contribution in [0.2, 0.25) is 0 Å². The van der Waals surface area contributed by atoms with Crippen molar-refractivity contribution in [3.63, 3.8) is 0 Å². The van der Waals surface area contributed by atoms with Crippen molar-refractivity contribution in [2.24, 2.45) is 0 Å². The highest BCUT2D eigenvalue weighted by atomic mass is 15.0. The van der Waals surface area contributed by atoms with E-state index in [2.05, 4.69) is 179 Å². The summed E-state index contributed by atoms with van der Waals surface area (Å²) in [6.07, 6.45) is 2.19. The fourth-order valence-corrected chi connectivity index (χ4v) is 7.45. The molecule has 0 atom stereocenters. The van der Waals surface area contributed by atoms with Crippen LogP contribution in [-0.2, 0) is 0 Å². The van der Waals surface area contributed by atoms with Gasteiger partial charge < -0.3 is 9.13 Å². The number of hydrogen-bond donors (Lipinski definition) is 0. The average Bonchev–Trinajstić information content (AvgIpc) is 3.79. The minimum absolute atomic E-state index is 0.694. The van der Waals surface area contributed by atoms with Crippen LogP contribution in [0.1, 0.15) is 0 Å². The Kier molecular flexibility index (Phi) is 6.46. The molecule has 0 unspecified atom stereocenters. The van der Waals surface area contributed by atoms with Gasteiger partial charge in [0.05, 0.1) is 27.9 Å². The van der Waals surface area contributed by atoms with Crippen molar-refractivity contribution in [1.29, 1.82) is 0 Å². The van der Waals surface area contributed by atoms with E-state index in [9.17, 15) is 0 Å². The molecule has 0 saturated carbocycles. The highest BCUT2D eigenvalue weighted by molar-refractivity contribution is 6.25. The van der Waals surface area contributed by atoms with Crippen molar-refractivity contribution >= 4 is 43.5 Å². The molecule has 0 saturated heterocycles. The van der Waals surface area contributed by atoms with Gasteiger partial charge in [-0.3, -0.25) is 0 Å². The number of hydrogen-bond acceptors (Lipinski definition) is 2. The second-order valence-electron chi connectivity index (χ2n) is 12.7. The first-order valence-electron chi connectivity index (χ1n) is 16.9. The van der Waals surface area contributed by atoms with Crippen LogP contribution in [0.25, 0.3) is 88.8 Å². The molecule has 50 heavy (non-hydrogen) atoms. The van der Waals surface area contributed by atoms with Gasteiger partial charge in [-0.15, -0.1) is 0 Å². The van der Waals surface area contributed by atoms with Gasteiger partial charge in [-0.05, 0) is 53.9 Å². The summed E-state index contributed by atoms with van der Waals surface area (Å²) in [5.41, 5.74) is 10.6. The molecule has 0 amide bonds. The van der Waals surface area contributed by atoms with Crippen LogP contribution in [0.5, 0.6) is 0 Å². The topological polar surface area (TPSA) is 35.6 Å². The third-order valence-electron chi connectivity index (χ3n) is 9.75. The lowest BCUT2D eigenvalue weighted by Gasteiger charge is -2.13. The van der Waals surface area contributed by atoms with Crippen LogP contribution in [0.15, 0.2) is 182 Å². The standard InChI is InChI=1S/C46H30N4/c1-4-13-31(14-5-1)40-30-41(32-15-6-2-7-16-32)48-46(47-40)34-17-12-20-36(29-34)50-43-22-11-10-21-37(43)38-25-23-33-24-26-42-39(44(33)45(38)50)27-28-49(42)35-18-8-3-9-19-35/h1-30H. The maximum absolute atomic E-state index is 5.15. The summed E-state index contributed by atoms with van der Waals surface area (Å²) in [5.74, 6) is 0.694. The second kappa shape index (κ2) is 11.4. The summed E-state index contributed by atoms with van der Waals surface area (Å²) in [6.45, 7) is 0. The van der Waals surface area contributed by atoms with Crippen molar-refractivity contribution in [1.82, 2.24) is 19.1 Å². The van der Waals surface area contributed by atoms with Gasteiger partial charge in [-0.25, -0.2) is 9.97 Å². The molecule has 10 rings (SSSR count). The molecule has 4 nitrogen and oxygen atoms in total. The van der Waals surface area contributed by atoms with Crippen molar-refractivity contribution in [3.05, 3.63) is 182 Å². The van der Waals surface area contributed by atoms with E-state index >= 15 is 0 Å². The summed E-state index contributed by atoms with van der Waals surface area (Å²) < 4.78 is 4.71. The molecule has 0 radical (unpaired) electrons. The zero-order chi connectivity index (χ0) is 33.0. The number of rotatable bonds is 5. The Morgan fingerprint density at radius 3 is 1.76 bits per heavy atom. The zero-order valence-electron chi connectivity index (χ0n) is 27.1. The number of fused-ring (bicyclic) bond motifs is 7. The summed E-state index contributed by atoms with van der Waals surface area (Å²) in [5, 5.41) is 6.13. The molecule has 0 aliphatic rings. The molecule has 0 spiro atoms. The van der Waals surface area contributed by atoms with Gasteiger partial charge in [-0.1, -0.05) is 127 Å². The maximum atomic E-state index is 5.15. The monoisotopic (exact) mass is 638 g/mol. The number of nitrogens with zero attached hydrogens (tertiary/aromatic N) is 4. The SMILES string of the molecule is c1ccc(-c2cc(-c3ccccc3)nc(-c3cccc(-n4c5ccccc5c5ccc6ccc7c(ccn7-c7ccccc7)c6c54)c3)n2)cc1. The minimum Gasteiger partial charge on any atom is -0.317 e. The molecule has 234 valence electrons. The molecule has 0 fully saturated rings. The molecule has 0 N–H and O–H groups in total. The van der Waals surface area contributed by atoms with Crippen LogP contribution >= 0.6 is 0 Å². The van der Waals surface area contributed by atoms with E-state index in [1.54, 1.807) is 0 Å². The van der Waals surface area contributed by atoms with E-state index in [0.29, 0.717) is 5.82 Å². The zero-order valence-corrected chi connectivity index (χ0v) is 27.1. The molecule has 0 aliphatic carbocycles. The average molecular weight is 639 g/mol. The molecule has 0 bridgehead atoms. The van der Waals surface area contributed by atoms with E-state index in [1.165, 1.54) is 38.0 Å². The molecular formula is C46H30N4. The Labute approximate surface area is 289 Å². The van der Waals surface area contributed by atoms with Crippen molar-refractivity contribution in [3.8, 4) is 45.3 Å². The summed E-state index contributed by atoms with van der Waals surface area (Å²) >= 11 is 0. The van der Waals surface area contributed by atoms with Gasteiger partial charge in [0.15, 0.2) is 5.82 Å². The first kappa shape index (κ1) is 28.3. The fraction of sp³-hybridized carbons (Fsp3) is 0. The van der Waals surface area contributed by atoms with Gasteiger partial charge >= 0.3 is 0 Å². The van der Waals surface area contributed by atoms with Gasteiger partial charge in [0.25, 0.3) is 0 Å². The van der Waals surface area contributed by atoms with Crippen LogP contribution in [-0.4, -0.2) is 19.1 Å². The van der Waals surface area contributed by atoms with E-state index in [4.69, 9.17) is 9.97 Å². The highest BCUT2D eigenvalue weighted by Crippen LogP contribution is 2.40. The van der Waals surface area contributed by atoms with Crippen LogP contribution < -0.4 is 0 Å². The largest absolute Gasteiger partial charge is 0.317 e. The Bertz CT molecular complexity index is 2790. The first-order valence-corrected chi connectivity index (χ1v) is 16.9. The van der Waals surface area contributed by atoms with Crippen LogP contribution in [0.3, 0.4) is 0 Å². The molecule has 10 aromatic rings. The van der Waals surface area contributed by atoms with Gasteiger partial charge in [0.2, 0.25) is 0 Å². The summed E-state index contributed by atoms with van der Waals surface area (Å²) in [6, 6.07) is 62.0. The maximum Gasteiger partial charge on any atom is 0.160 e. The van der Waals surface area contributed by atoms with Gasteiger partial charge in [0.1, 0.15) is 0 Å². The van der Waals surface area contributed by atoms with Gasteiger partial charge in [-0.2, -0.15) is 0 Å². The lowest BCUT2D eigenvalue weighted by Crippen LogP contribution is -1.98. The predicted octanol–water partition coefficient (Wildman–Crippen LogP) is 11.7. The molecule has 0 aliphatic heterocycles. The van der Waals surface area contributed by atoms with Crippen molar-refractivity contribution in [2.75, 3.05) is 0 Å². The molecule has 3 heterocycles. The van der Waals surface area contributed by atoms with E-state index in [-0.39, 0.29) is 0 Å². The van der Waals surface area contributed by atoms with E-state index in [1.807, 2.05) is 12.1 Å². The second-order valence-corrected chi connectivity index (χ2v) is 12.7. The van der Waals surface area contributed by atoms with Crippen LogP contribution in [0, 0.1) is 0 Å². The number of para-hydroxylation sites is 2. The number of aromatic nitrogens is 4. The van der Waals surface area contributed by atoms with E-state index < -0.39 is 0 Å². The highest BCUT2D eigenvalue weighted by Gasteiger charge is 2.19. The number of benzene rings is 7. The van der Waals surface area contributed by atoms with Crippen molar-refractivity contribution < 1.29 is 0 Å². The third-order valence-corrected chi connectivity index (χ3v) is 9.75. The quantitative estimate of drug-likeness (QED) is 0.188. The Morgan fingerprint density at radius 1 is 0.400 bits per heavy atom. The lowest BCUT2D eigenvalue weighted by atomic mass is 10.0. The normalized spacial score (nSPS) is 11.6. The minimum atomic E-state index is 0.694. The fourth-order valence-electron chi connectivity index (χ4n) is 7.45. The van der Waals surface area contributed by atoms with E-state index in [0.717, 1.165) is 45.0 Å². The summed E-state index contributed by atoms with van der Waals surface area (Å²) in [7, 11) is 0.